The fourth-order valence-corrected chi connectivity index (χ4v) is 3.07. The molecule has 5 N–H and O–H groups in total. The van der Waals surface area contributed by atoms with E-state index in [1.807, 2.05) is 0 Å². The van der Waals surface area contributed by atoms with Gasteiger partial charge in [0, 0.05) is 29.7 Å². The van der Waals surface area contributed by atoms with Crippen LogP contribution < -0.4 is 4.74 Å². The van der Waals surface area contributed by atoms with Crippen molar-refractivity contribution in [1.29, 1.82) is 0 Å². The third-order valence-corrected chi connectivity index (χ3v) is 4.55. The molecule has 6 nitrogen and oxygen atoms in total. The van der Waals surface area contributed by atoms with Gasteiger partial charge in [-0.05, 0) is 42.7 Å². The number of phenolic OH excluding ortho intramolecular Hbond substituents is 5. The number of rotatable bonds is 7. The van der Waals surface area contributed by atoms with E-state index in [9.17, 15) is 25.5 Å². The third-order valence-electron chi connectivity index (χ3n) is 4.55. The van der Waals surface area contributed by atoms with Gasteiger partial charge in [0.1, 0.15) is 34.5 Å². The number of hydrogen-bond donors (Lipinski definition) is 5. The van der Waals surface area contributed by atoms with Crippen LogP contribution in [0, 0.1) is 0 Å². The van der Waals surface area contributed by atoms with Gasteiger partial charge in [-0.2, -0.15) is 0 Å². The van der Waals surface area contributed by atoms with Crippen LogP contribution in [0.25, 0.3) is 0 Å². The van der Waals surface area contributed by atoms with Crippen LogP contribution in [0.5, 0.6) is 34.5 Å². The van der Waals surface area contributed by atoms with Crippen molar-refractivity contribution < 1.29 is 30.3 Å². The molecule has 0 aromatic heterocycles. The number of hydrogen-bond acceptors (Lipinski definition) is 6. The maximum Gasteiger partial charge on any atom is 0.123 e. The van der Waals surface area contributed by atoms with Gasteiger partial charge in [-0.15, -0.1) is 0 Å². The van der Waals surface area contributed by atoms with Crippen LogP contribution in [0.15, 0.2) is 60.7 Å². The Bertz CT molecular complexity index is 954. The smallest absolute Gasteiger partial charge is 0.123 e. The molecular formula is C22H22O6. The van der Waals surface area contributed by atoms with Gasteiger partial charge in [0.2, 0.25) is 0 Å². The average Bonchev–Trinajstić information content (AvgIpc) is 2.64. The molecule has 0 fully saturated rings. The van der Waals surface area contributed by atoms with E-state index >= 15 is 0 Å². The van der Waals surface area contributed by atoms with Crippen LogP contribution in [-0.2, 0) is 6.42 Å². The van der Waals surface area contributed by atoms with Crippen molar-refractivity contribution in [2.75, 3.05) is 6.61 Å². The summed E-state index contributed by atoms with van der Waals surface area (Å²) in [6.07, 6.45) is 1.02. The highest BCUT2D eigenvalue weighted by atomic mass is 16.5. The number of aryl methyl sites for hydroxylation is 1. The fourth-order valence-electron chi connectivity index (χ4n) is 3.07. The Labute approximate surface area is 162 Å². The lowest BCUT2D eigenvalue weighted by atomic mass is 9.92. The molecule has 0 bridgehead atoms. The zero-order valence-electron chi connectivity index (χ0n) is 15.1. The largest absolute Gasteiger partial charge is 0.508 e. The molecule has 146 valence electrons. The Balaban J connectivity index is 1.79. The van der Waals surface area contributed by atoms with Crippen molar-refractivity contribution in [3.8, 4) is 34.5 Å². The lowest BCUT2D eigenvalue weighted by molar-refractivity contribution is 0.276. The second-order valence-electron chi connectivity index (χ2n) is 6.60. The zero-order valence-corrected chi connectivity index (χ0v) is 15.1. The molecule has 3 rings (SSSR count). The summed E-state index contributed by atoms with van der Waals surface area (Å²) in [5.41, 5.74) is 1.27. The van der Waals surface area contributed by atoms with Crippen molar-refractivity contribution in [1.82, 2.24) is 0 Å². The minimum atomic E-state index is -0.240. The number of phenols is 5. The molecule has 0 aliphatic carbocycles. The summed E-state index contributed by atoms with van der Waals surface area (Å²) in [6.45, 7) is 0.223. The molecule has 0 aliphatic rings. The Kier molecular flexibility index (Phi) is 5.79. The van der Waals surface area contributed by atoms with E-state index in [2.05, 4.69) is 0 Å². The summed E-state index contributed by atoms with van der Waals surface area (Å²) in [4.78, 5) is 0. The maximum atomic E-state index is 10.3. The highest BCUT2D eigenvalue weighted by molar-refractivity contribution is 5.42. The van der Waals surface area contributed by atoms with Crippen LogP contribution in [0.2, 0.25) is 0 Å². The van der Waals surface area contributed by atoms with Gasteiger partial charge >= 0.3 is 0 Å². The molecule has 0 saturated carbocycles. The Hall–Kier alpha value is -3.54. The van der Waals surface area contributed by atoms with Gasteiger partial charge in [0.25, 0.3) is 0 Å². The summed E-state index contributed by atoms with van der Waals surface area (Å²) < 4.78 is 5.79. The van der Waals surface area contributed by atoms with Gasteiger partial charge in [0.05, 0.1) is 6.61 Å². The molecule has 0 amide bonds. The Morgan fingerprint density at radius 3 is 2.07 bits per heavy atom. The number of aromatic hydroxyl groups is 5. The molecule has 0 heterocycles. The van der Waals surface area contributed by atoms with Crippen molar-refractivity contribution in [3.05, 3.63) is 71.8 Å². The first-order valence-corrected chi connectivity index (χ1v) is 8.87. The van der Waals surface area contributed by atoms with E-state index in [1.54, 1.807) is 30.3 Å². The summed E-state index contributed by atoms with van der Waals surface area (Å²) >= 11 is 0. The topological polar surface area (TPSA) is 110 Å². The minimum Gasteiger partial charge on any atom is -0.508 e. The predicted molar refractivity (Wildman–Crippen MR) is 104 cm³/mol. The highest BCUT2D eigenvalue weighted by Gasteiger charge is 2.18. The standard InChI is InChI=1S/C22H22O6/c23-16-2-1-3-19(10-16)28-13-15(20-9-8-18(25)12-22(20)27)5-4-14-6-7-17(24)11-21(14)26/h1-3,6-12,15,23-27H,4-5,13H2. The van der Waals surface area contributed by atoms with E-state index in [0.717, 1.165) is 0 Å². The predicted octanol–water partition coefficient (Wildman–Crippen LogP) is 4.01. The van der Waals surface area contributed by atoms with Crippen LogP contribution in [-0.4, -0.2) is 32.1 Å². The lowest BCUT2D eigenvalue weighted by Crippen LogP contribution is -2.12. The van der Waals surface area contributed by atoms with Gasteiger partial charge < -0.3 is 30.3 Å². The molecule has 1 atom stereocenters. The second-order valence-corrected chi connectivity index (χ2v) is 6.60. The number of ether oxygens (including phenoxy) is 1. The fraction of sp³-hybridized carbons (Fsp3) is 0.182. The normalized spacial score (nSPS) is 11.9. The summed E-state index contributed by atoms with van der Waals surface area (Å²) in [5, 5.41) is 48.8. The van der Waals surface area contributed by atoms with E-state index in [0.29, 0.717) is 29.7 Å². The molecule has 3 aromatic rings. The molecule has 0 saturated heterocycles. The zero-order chi connectivity index (χ0) is 20.1. The first-order chi connectivity index (χ1) is 13.4. The van der Waals surface area contributed by atoms with Gasteiger partial charge in [-0.25, -0.2) is 0 Å². The third kappa shape index (κ3) is 4.79. The summed E-state index contributed by atoms with van der Waals surface area (Å²) in [7, 11) is 0. The first kappa shape index (κ1) is 19.2. The van der Waals surface area contributed by atoms with Crippen molar-refractivity contribution >= 4 is 0 Å². The minimum absolute atomic E-state index is 0.00239. The summed E-state index contributed by atoms with van der Waals surface area (Å²) in [5.74, 6) is 0.260. The van der Waals surface area contributed by atoms with Crippen molar-refractivity contribution in [2.45, 2.75) is 18.8 Å². The molecule has 28 heavy (non-hydrogen) atoms. The molecule has 6 heteroatoms. The van der Waals surface area contributed by atoms with Crippen LogP contribution in [0.1, 0.15) is 23.5 Å². The molecule has 3 aromatic carbocycles. The quantitative estimate of drug-likeness (QED) is 0.422. The lowest BCUT2D eigenvalue weighted by Gasteiger charge is -2.20. The van der Waals surface area contributed by atoms with Crippen molar-refractivity contribution in [3.63, 3.8) is 0 Å². The average molecular weight is 382 g/mol. The van der Waals surface area contributed by atoms with Crippen LogP contribution >= 0.6 is 0 Å². The van der Waals surface area contributed by atoms with Gasteiger partial charge in [0.15, 0.2) is 0 Å². The van der Waals surface area contributed by atoms with E-state index in [1.165, 1.54) is 30.3 Å². The maximum absolute atomic E-state index is 10.3. The Morgan fingerprint density at radius 2 is 1.39 bits per heavy atom. The number of benzene rings is 3. The van der Waals surface area contributed by atoms with E-state index < -0.39 is 0 Å². The van der Waals surface area contributed by atoms with Crippen LogP contribution in [0.3, 0.4) is 0 Å². The van der Waals surface area contributed by atoms with E-state index in [-0.39, 0.29) is 41.3 Å². The monoisotopic (exact) mass is 382 g/mol. The summed E-state index contributed by atoms with van der Waals surface area (Å²) in [6, 6.07) is 15.3. The second kappa shape index (κ2) is 8.43. The molecule has 0 aliphatic heterocycles. The molecule has 0 spiro atoms. The van der Waals surface area contributed by atoms with Gasteiger partial charge in [-0.1, -0.05) is 18.2 Å². The van der Waals surface area contributed by atoms with Crippen LogP contribution in [0.4, 0.5) is 0 Å². The van der Waals surface area contributed by atoms with Gasteiger partial charge in [-0.3, -0.25) is 0 Å². The molecule has 0 radical (unpaired) electrons. The molecular weight excluding hydrogens is 360 g/mol. The van der Waals surface area contributed by atoms with Crippen molar-refractivity contribution in [2.24, 2.45) is 0 Å². The molecule has 1 unspecified atom stereocenters. The highest BCUT2D eigenvalue weighted by Crippen LogP contribution is 2.34. The van der Waals surface area contributed by atoms with E-state index in [4.69, 9.17) is 4.74 Å². The SMILES string of the molecule is Oc1cccc(OCC(CCc2ccc(O)cc2O)c2ccc(O)cc2O)c1. The first-order valence-electron chi connectivity index (χ1n) is 8.87. The Morgan fingerprint density at radius 1 is 0.714 bits per heavy atom.